The molecule has 0 spiro atoms. The van der Waals surface area contributed by atoms with E-state index >= 15 is 0 Å². The van der Waals surface area contributed by atoms with Crippen molar-refractivity contribution in [1.82, 2.24) is 15.8 Å². The van der Waals surface area contributed by atoms with Crippen molar-refractivity contribution < 1.29 is 9.53 Å². The number of nitrogens with one attached hydrogen (secondary N) is 2. The van der Waals surface area contributed by atoms with Crippen LogP contribution in [0.15, 0.2) is 36.0 Å². The number of methoxy groups -OCH3 is 1. The SMILES string of the molecule is CCCN1CC=C(NNC(=O)Cc2ccc(OC)cc2)CC1. The van der Waals surface area contributed by atoms with E-state index in [9.17, 15) is 4.79 Å². The summed E-state index contributed by atoms with van der Waals surface area (Å²) in [6.07, 6.45) is 4.62. The number of benzene rings is 1. The molecule has 5 nitrogen and oxygen atoms in total. The zero-order valence-electron chi connectivity index (χ0n) is 13.4. The number of hydrazine groups is 1. The molecule has 0 aliphatic carbocycles. The average Bonchev–Trinajstić information content (AvgIpc) is 2.55. The molecule has 1 aromatic rings. The van der Waals surface area contributed by atoms with Gasteiger partial charge in [0.1, 0.15) is 5.75 Å². The molecule has 0 atom stereocenters. The summed E-state index contributed by atoms with van der Waals surface area (Å²) in [4.78, 5) is 14.3. The molecule has 2 rings (SSSR count). The number of rotatable bonds is 7. The molecule has 1 aromatic carbocycles. The molecule has 0 bridgehead atoms. The number of ether oxygens (including phenoxy) is 1. The van der Waals surface area contributed by atoms with Gasteiger partial charge in [0.25, 0.3) is 0 Å². The Balaban J connectivity index is 1.73. The van der Waals surface area contributed by atoms with Crippen molar-refractivity contribution in [2.75, 3.05) is 26.7 Å². The third-order valence-electron chi connectivity index (χ3n) is 3.72. The zero-order valence-corrected chi connectivity index (χ0v) is 13.4. The number of amides is 1. The number of hydrogen-bond acceptors (Lipinski definition) is 4. The van der Waals surface area contributed by atoms with Gasteiger partial charge in [-0.2, -0.15) is 0 Å². The van der Waals surface area contributed by atoms with E-state index in [0.717, 1.165) is 43.1 Å². The van der Waals surface area contributed by atoms with Crippen molar-refractivity contribution in [3.8, 4) is 5.75 Å². The normalized spacial score (nSPS) is 15.1. The second-order valence-corrected chi connectivity index (χ2v) is 5.48. The highest BCUT2D eigenvalue weighted by molar-refractivity contribution is 5.78. The van der Waals surface area contributed by atoms with Crippen LogP contribution in [0.5, 0.6) is 5.75 Å². The smallest absolute Gasteiger partial charge is 0.242 e. The van der Waals surface area contributed by atoms with Crippen LogP contribution in [0, 0.1) is 0 Å². The lowest BCUT2D eigenvalue weighted by Gasteiger charge is -2.26. The van der Waals surface area contributed by atoms with Crippen LogP contribution >= 0.6 is 0 Å². The number of carbonyl (C=O) groups is 1. The van der Waals surface area contributed by atoms with Gasteiger partial charge in [0.2, 0.25) is 5.91 Å². The van der Waals surface area contributed by atoms with Crippen LogP contribution in [0.3, 0.4) is 0 Å². The van der Waals surface area contributed by atoms with Gasteiger partial charge in [-0.1, -0.05) is 19.1 Å². The van der Waals surface area contributed by atoms with E-state index in [2.05, 4.69) is 28.8 Å². The highest BCUT2D eigenvalue weighted by atomic mass is 16.5. The van der Waals surface area contributed by atoms with Crippen molar-refractivity contribution in [3.63, 3.8) is 0 Å². The molecule has 0 aromatic heterocycles. The summed E-state index contributed by atoms with van der Waals surface area (Å²) >= 11 is 0. The van der Waals surface area contributed by atoms with E-state index in [0.29, 0.717) is 6.42 Å². The molecule has 0 unspecified atom stereocenters. The van der Waals surface area contributed by atoms with E-state index in [1.54, 1.807) is 7.11 Å². The van der Waals surface area contributed by atoms with Gasteiger partial charge in [0.05, 0.1) is 13.5 Å². The highest BCUT2D eigenvalue weighted by Crippen LogP contribution is 2.11. The monoisotopic (exact) mass is 303 g/mol. The van der Waals surface area contributed by atoms with Crippen LogP contribution in [-0.4, -0.2) is 37.6 Å². The molecule has 1 amide bonds. The van der Waals surface area contributed by atoms with Crippen molar-refractivity contribution in [1.29, 1.82) is 0 Å². The Morgan fingerprint density at radius 1 is 1.32 bits per heavy atom. The summed E-state index contributed by atoms with van der Waals surface area (Å²) in [5.74, 6) is 0.758. The molecule has 5 heteroatoms. The van der Waals surface area contributed by atoms with Crippen molar-refractivity contribution >= 4 is 5.91 Å². The number of hydrogen-bond donors (Lipinski definition) is 2. The van der Waals surface area contributed by atoms with E-state index in [4.69, 9.17) is 4.74 Å². The lowest BCUT2D eigenvalue weighted by molar-refractivity contribution is -0.121. The summed E-state index contributed by atoms with van der Waals surface area (Å²) in [5, 5.41) is 0. The van der Waals surface area contributed by atoms with Crippen LogP contribution in [0.4, 0.5) is 0 Å². The topological polar surface area (TPSA) is 53.6 Å². The standard InChI is InChI=1S/C17H25N3O2/c1-3-10-20-11-8-15(9-12-20)18-19-17(21)13-14-4-6-16(22-2)7-5-14/h4-8,18H,3,9-13H2,1-2H3,(H,19,21). The fourth-order valence-corrected chi connectivity index (χ4v) is 2.47. The van der Waals surface area contributed by atoms with Crippen molar-refractivity contribution in [2.45, 2.75) is 26.2 Å². The number of nitrogens with zero attached hydrogens (tertiary/aromatic N) is 1. The quantitative estimate of drug-likeness (QED) is 0.755. The van der Waals surface area contributed by atoms with E-state index in [1.807, 2.05) is 24.3 Å². The van der Waals surface area contributed by atoms with E-state index in [1.165, 1.54) is 6.42 Å². The van der Waals surface area contributed by atoms with Gasteiger partial charge in [-0.05, 0) is 36.7 Å². The summed E-state index contributed by atoms with van der Waals surface area (Å²) in [7, 11) is 1.63. The Labute approximate surface area is 132 Å². The Bertz CT molecular complexity index is 511. The molecule has 1 aliphatic heterocycles. The molecular formula is C17H25N3O2. The molecular weight excluding hydrogens is 278 g/mol. The molecule has 0 saturated heterocycles. The van der Waals surface area contributed by atoms with E-state index < -0.39 is 0 Å². The second kappa shape index (κ2) is 8.44. The average molecular weight is 303 g/mol. The van der Waals surface area contributed by atoms with Gasteiger partial charge in [-0.15, -0.1) is 0 Å². The van der Waals surface area contributed by atoms with Gasteiger partial charge in [0.15, 0.2) is 0 Å². The minimum atomic E-state index is -0.0398. The summed E-state index contributed by atoms with van der Waals surface area (Å²) in [5.41, 5.74) is 7.86. The Kier molecular flexibility index (Phi) is 6.27. The Morgan fingerprint density at radius 3 is 2.68 bits per heavy atom. The Morgan fingerprint density at radius 2 is 2.09 bits per heavy atom. The van der Waals surface area contributed by atoms with Gasteiger partial charge < -0.3 is 10.2 Å². The Hall–Kier alpha value is -2.01. The third kappa shape index (κ3) is 5.07. The largest absolute Gasteiger partial charge is 0.497 e. The number of carbonyl (C=O) groups excluding carboxylic acids is 1. The molecule has 0 radical (unpaired) electrons. The lowest BCUT2D eigenvalue weighted by atomic mass is 10.1. The van der Waals surface area contributed by atoms with Crippen molar-refractivity contribution in [3.05, 3.63) is 41.6 Å². The first-order chi connectivity index (χ1) is 10.7. The minimum Gasteiger partial charge on any atom is -0.497 e. The maximum Gasteiger partial charge on any atom is 0.242 e. The van der Waals surface area contributed by atoms with E-state index in [-0.39, 0.29) is 5.91 Å². The summed E-state index contributed by atoms with van der Waals surface area (Å²) in [6, 6.07) is 7.53. The van der Waals surface area contributed by atoms with Gasteiger partial charge in [-0.25, -0.2) is 0 Å². The van der Waals surface area contributed by atoms with Crippen LogP contribution in [0.1, 0.15) is 25.3 Å². The fourth-order valence-electron chi connectivity index (χ4n) is 2.47. The van der Waals surface area contributed by atoms with Gasteiger partial charge >= 0.3 is 0 Å². The van der Waals surface area contributed by atoms with Crippen LogP contribution < -0.4 is 15.6 Å². The molecule has 0 fully saturated rings. The third-order valence-corrected chi connectivity index (χ3v) is 3.72. The predicted octanol–water partition coefficient (Wildman–Crippen LogP) is 1.86. The minimum absolute atomic E-state index is 0.0398. The molecule has 0 saturated carbocycles. The maximum atomic E-state index is 11.9. The summed E-state index contributed by atoms with van der Waals surface area (Å²) in [6.45, 7) is 5.32. The molecule has 120 valence electrons. The first kappa shape index (κ1) is 16.4. The van der Waals surface area contributed by atoms with Crippen LogP contribution in [-0.2, 0) is 11.2 Å². The molecule has 22 heavy (non-hydrogen) atoms. The van der Waals surface area contributed by atoms with Crippen LogP contribution in [0.2, 0.25) is 0 Å². The first-order valence-electron chi connectivity index (χ1n) is 7.80. The predicted molar refractivity (Wildman–Crippen MR) is 87.4 cm³/mol. The second-order valence-electron chi connectivity index (χ2n) is 5.48. The molecule has 1 heterocycles. The van der Waals surface area contributed by atoms with Gasteiger partial charge in [-0.3, -0.25) is 15.1 Å². The summed E-state index contributed by atoms with van der Waals surface area (Å²) < 4.78 is 5.10. The van der Waals surface area contributed by atoms with Crippen molar-refractivity contribution in [2.24, 2.45) is 0 Å². The lowest BCUT2D eigenvalue weighted by Crippen LogP contribution is -2.41. The molecule has 1 aliphatic rings. The zero-order chi connectivity index (χ0) is 15.8. The molecule has 2 N–H and O–H groups in total. The fraction of sp³-hybridized carbons (Fsp3) is 0.471. The van der Waals surface area contributed by atoms with Gasteiger partial charge in [0, 0.05) is 25.2 Å². The maximum absolute atomic E-state index is 11.9. The van der Waals surface area contributed by atoms with Crippen LogP contribution in [0.25, 0.3) is 0 Å². The first-order valence-corrected chi connectivity index (χ1v) is 7.80. The highest BCUT2D eigenvalue weighted by Gasteiger charge is 2.11.